The number of fused-ring (bicyclic) bond motifs is 5. The number of hydrogen-bond acceptors (Lipinski definition) is 2. The first kappa shape index (κ1) is 15.6. The van der Waals surface area contributed by atoms with Gasteiger partial charge in [0.2, 0.25) is 0 Å². The Morgan fingerprint density at radius 1 is 0.826 bits per heavy atom. The Morgan fingerprint density at radius 2 is 1.65 bits per heavy atom. The van der Waals surface area contributed by atoms with Gasteiger partial charge in [-0.1, -0.05) is 12.5 Å². The maximum atomic E-state index is 11.8. The highest BCUT2D eigenvalue weighted by molar-refractivity contribution is 5.63. The lowest BCUT2D eigenvalue weighted by Gasteiger charge is -2.55. The van der Waals surface area contributed by atoms with Crippen molar-refractivity contribution in [3.8, 4) is 0 Å². The second-order valence-corrected chi connectivity index (χ2v) is 9.02. The lowest BCUT2D eigenvalue weighted by atomic mass is 9.49. The van der Waals surface area contributed by atoms with Gasteiger partial charge in [0.05, 0.1) is 0 Å². The molecule has 0 saturated heterocycles. The fourth-order valence-electron chi connectivity index (χ4n) is 7.21. The van der Waals surface area contributed by atoms with Gasteiger partial charge in [-0.25, -0.2) is 0 Å². The molecule has 0 aromatic heterocycles. The molecule has 0 N–H and O–H groups in total. The zero-order valence-corrected chi connectivity index (χ0v) is 14.2. The van der Waals surface area contributed by atoms with Gasteiger partial charge in [0, 0.05) is 10.8 Å². The van der Waals surface area contributed by atoms with Crippen LogP contribution >= 0.6 is 0 Å². The summed E-state index contributed by atoms with van der Waals surface area (Å²) in [6, 6.07) is 0. The molecule has 0 aromatic rings. The van der Waals surface area contributed by atoms with E-state index in [1.807, 2.05) is 6.08 Å². The van der Waals surface area contributed by atoms with E-state index in [0.29, 0.717) is 11.8 Å². The Balaban J connectivity index is 1.55. The largest absolute Gasteiger partial charge is 0.303 e. The first-order valence-electron chi connectivity index (χ1n) is 9.73. The standard InChI is InChI=1S/C21H30O2/c1-2-20(13-22)10-7-16-15(12-20)5-6-18-17(16)8-11-21(14-23)9-3-4-19(18)21/h2,13-19H,1,3-12H2/t15?,16-,17+,18+,19-,20?,21-/m0/s1. The van der Waals surface area contributed by atoms with Crippen molar-refractivity contribution in [1.82, 2.24) is 0 Å². The second-order valence-electron chi connectivity index (χ2n) is 9.02. The summed E-state index contributed by atoms with van der Waals surface area (Å²) in [5.74, 6) is 3.77. The molecule has 126 valence electrons. The third-order valence-corrected chi connectivity index (χ3v) is 8.39. The average molecular weight is 314 g/mol. The third-order valence-electron chi connectivity index (χ3n) is 8.39. The molecular formula is C21H30O2. The van der Waals surface area contributed by atoms with Crippen LogP contribution in [0.3, 0.4) is 0 Å². The van der Waals surface area contributed by atoms with Gasteiger partial charge < -0.3 is 9.59 Å². The Hall–Kier alpha value is -0.920. The van der Waals surface area contributed by atoms with E-state index >= 15 is 0 Å². The first-order chi connectivity index (χ1) is 11.2. The van der Waals surface area contributed by atoms with Crippen LogP contribution in [0.4, 0.5) is 0 Å². The molecule has 2 unspecified atom stereocenters. The van der Waals surface area contributed by atoms with E-state index in [1.165, 1.54) is 44.8 Å². The van der Waals surface area contributed by atoms with Crippen LogP contribution in [0.25, 0.3) is 0 Å². The van der Waals surface area contributed by atoms with E-state index in [4.69, 9.17) is 0 Å². The van der Waals surface area contributed by atoms with Gasteiger partial charge in [0.1, 0.15) is 12.6 Å². The SMILES string of the molecule is C=CC1(C=O)CC[C@H]2C(CC[C@@H]3[C@@H]2CC[C@]2(C=O)CCC[C@@H]32)C1. The van der Waals surface area contributed by atoms with Crippen molar-refractivity contribution in [1.29, 1.82) is 0 Å². The number of rotatable bonds is 3. The predicted octanol–water partition coefficient (Wildman–Crippen LogP) is 4.58. The van der Waals surface area contributed by atoms with E-state index in [9.17, 15) is 9.59 Å². The third kappa shape index (κ3) is 2.20. The topological polar surface area (TPSA) is 34.1 Å². The van der Waals surface area contributed by atoms with Crippen molar-refractivity contribution in [2.24, 2.45) is 40.4 Å². The second kappa shape index (κ2) is 5.57. The number of aldehydes is 2. The molecule has 2 heteroatoms. The number of hydrogen-bond donors (Lipinski definition) is 0. The average Bonchev–Trinajstić information content (AvgIpc) is 3.05. The van der Waals surface area contributed by atoms with Crippen molar-refractivity contribution < 1.29 is 9.59 Å². The first-order valence-corrected chi connectivity index (χ1v) is 9.73. The summed E-state index contributed by atoms with van der Waals surface area (Å²) in [5, 5.41) is 0. The summed E-state index contributed by atoms with van der Waals surface area (Å²) in [6.07, 6.45) is 16.2. The van der Waals surface area contributed by atoms with Crippen LogP contribution in [-0.2, 0) is 9.59 Å². The summed E-state index contributed by atoms with van der Waals surface area (Å²) in [7, 11) is 0. The van der Waals surface area contributed by atoms with Crippen LogP contribution in [0, 0.1) is 40.4 Å². The fourth-order valence-corrected chi connectivity index (χ4v) is 7.21. The van der Waals surface area contributed by atoms with Gasteiger partial charge in [0.15, 0.2) is 0 Å². The smallest absolute Gasteiger partial charge is 0.129 e. The van der Waals surface area contributed by atoms with Crippen LogP contribution in [0.15, 0.2) is 12.7 Å². The minimum atomic E-state index is -0.247. The molecule has 0 radical (unpaired) electrons. The zero-order chi connectivity index (χ0) is 16.1. The van der Waals surface area contributed by atoms with Gasteiger partial charge in [-0.05, 0) is 87.4 Å². The maximum Gasteiger partial charge on any atom is 0.129 e. The number of carbonyl (C=O) groups is 2. The van der Waals surface area contributed by atoms with E-state index in [-0.39, 0.29) is 10.8 Å². The molecule has 2 nitrogen and oxygen atoms in total. The predicted molar refractivity (Wildman–Crippen MR) is 90.8 cm³/mol. The van der Waals surface area contributed by atoms with Gasteiger partial charge in [-0.2, -0.15) is 0 Å². The molecule has 0 bridgehead atoms. The zero-order valence-electron chi connectivity index (χ0n) is 14.2. The van der Waals surface area contributed by atoms with Gasteiger partial charge in [-0.3, -0.25) is 0 Å². The van der Waals surface area contributed by atoms with E-state index in [0.717, 1.165) is 49.7 Å². The Bertz CT molecular complexity index is 502. The summed E-state index contributed by atoms with van der Waals surface area (Å²) in [4.78, 5) is 23.4. The molecule has 0 aromatic carbocycles. The van der Waals surface area contributed by atoms with Crippen molar-refractivity contribution in [3.05, 3.63) is 12.7 Å². The molecule has 0 amide bonds. The van der Waals surface area contributed by atoms with Crippen LogP contribution in [-0.4, -0.2) is 12.6 Å². The normalized spacial score (nSPS) is 51.9. The molecule has 4 saturated carbocycles. The minimum absolute atomic E-state index is 0.0380. The van der Waals surface area contributed by atoms with Crippen LogP contribution in [0.1, 0.15) is 64.2 Å². The Morgan fingerprint density at radius 3 is 2.39 bits per heavy atom. The number of allylic oxidation sites excluding steroid dienone is 1. The molecular weight excluding hydrogens is 284 g/mol. The van der Waals surface area contributed by atoms with E-state index < -0.39 is 0 Å². The highest BCUT2D eigenvalue weighted by Gasteiger charge is 2.56. The Labute approximate surface area is 140 Å². The summed E-state index contributed by atoms with van der Waals surface area (Å²) < 4.78 is 0. The molecule has 7 atom stereocenters. The molecule has 0 spiro atoms. The highest BCUT2D eigenvalue weighted by Crippen LogP contribution is 2.63. The van der Waals surface area contributed by atoms with Crippen molar-refractivity contribution >= 4 is 12.6 Å². The van der Waals surface area contributed by atoms with Crippen molar-refractivity contribution in [3.63, 3.8) is 0 Å². The van der Waals surface area contributed by atoms with Crippen LogP contribution in [0.5, 0.6) is 0 Å². The molecule has 23 heavy (non-hydrogen) atoms. The van der Waals surface area contributed by atoms with Gasteiger partial charge >= 0.3 is 0 Å². The molecule has 4 fully saturated rings. The highest BCUT2D eigenvalue weighted by atomic mass is 16.1. The Kier molecular flexibility index (Phi) is 3.77. The molecule has 4 rings (SSSR count). The van der Waals surface area contributed by atoms with Crippen molar-refractivity contribution in [2.45, 2.75) is 64.2 Å². The van der Waals surface area contributed by atoms with Crippen molar-refractivity contribution in [2.75, 3.05) is 0 Å². The molecule has 4 aliphatic carbocycles. The molecule has 0 aliphatic heterocycles. The molecule has 0 heterocycles. The van der Waals surface area contributed by atoms with E-state index in [1.54, 1.807) is 0 Å². The van der Waals surface area contributed by atoms with Gasteiger partial charge in [-0.15, -0.1) is 6.58 Å². The lowest BCUT2D eigenvalue weighted by Crippen LogP contribution is -2.49. The lowest BCUT2D eigenvalue weighted by molar-refractivity contribution is -0.130. The molecule has 4 aliphatic rings. The van der Waals surface area contributed by atoms with Crippen LogP contribution < -0.4 is 0 Å². The minimum Gasteiger partial charge on any atom is -0.303 e. The van der Waals surface area contributed by atoms with E-state index in [2.05, 4.69) is 6.58 Å². The summed E-state index contributed by atoms with van der Waals surface area (Å²) in [6.45, 7) is 3.94. The van der Waals surface area contributed by atoms with Crippen LogP contribution in [0.2, 0.25) is 0 Å². The fraction of sp³-hybridized carbons (Fsp3) is 0.810. The monoisotopic (exact) mass is 314 g/mol. The number of carbonyl (C=O) groups excluding carboxylic acids is 2. The quantitative estimate of drug-likeness (QED) is 0.564. The summed E-state index contributed by atoms with van der Waals surface area (Å²) in [5.41, 5.74) is -0.209. The summed E-state index contributed by atoms with van der Waals surface area (Å²) >= 11 is 0. The maximum absolute atomic E-state index is 11.8. The van der Waals surface area contributed by atoms with Gasteiger partial charge in [0.25, 0.3) is 0 Å².